The quantitative estimate of drug-likeness (QED) is 0.763. The Morgan fingerprint density at radius 2 is 2.07 bits per heavy atom. The lowest BCUT2D eigenvalue weighted by molar-refractivity contribution is -0.115. The molecule has 78 valence electrons. The smallest absolute Gasteiger partial charge is 0.296 e. The molecule has 1 rings (SSSR count). The lowest BCUT2D eigenvalue weighted by Crippen LogP contribution is -2.21. The lowest BCUT2D eigenvalue weighted by atomic mass is 10.2. The average molecular weight is 222 g/mol. The van der Waals surface area contributed by atoms with Crippen molar-refractivity contribution in [2.45, 2.75) is 13.3 Å². The Labute approximate surface area is 94.6 Å². The molecular formula is C12H12ClNO. The second-order valence-corrected chi connectivity index (χ2v) is 3.45. The number of carbonyl (C=O) groups excluding carboxylic acids is 1. The van der Waals surface area contributed by atoms with Crippen LogP contribution in [0.3, 0.4) is 0 Å². The first-order valence-electron chi connectivity index (χ1n) is 4.78. The highest BCUT2D eigenvalue weighted by molar-refractivity contribution is 6.30. The summed E-state index contributed by atoms with van der Waals surface area (Å²) < 4.78 is 0. The van der Waals surface area contributed by atoms with E-state index in [0.717, 1.165) is 12.0 Å². The number of hydrogen-bond donors (Lipinski definition) is 1. The molecule has 0 radical (unpaired) electrons. The van der Waals surface area contributed by atoms with Crippen LogP contribution in [0.1, 0.15) is 18.9 Å². The largest absolute Gasteiger partial charge is 0.345 e. The zero-order valence-corrected chi connectivity index (χ0v) is 9.27. The minimum absolute atomic E-state index is 0.244. The first kappa shape index (κ1) is 11.6. The van der Waals surface area contributed by atoms with Crippen LogP contribution < -0.4 is 5.32 Å². The number of nitrogens with one attached hydrogen (secondary N) is 1. The molecule has 3 heteroatoms. The second kappa shape index (κ2) is 6.10. The van der Waals surface area contributed by atoms with Crippen molar-refractivity contribution in [1.29, 1.82) is 0 Å². The van der Waals surface area contributed by atoms with Crippen molar-refractivity contribution in [3.8, 4) is 11.8 Å². The summed E-state index contributed by atoms with van der Waals surface area (Å²) in [4.78, 5) is 11.1. The summed E-state index contributed by atoms with van der Waals surface area (Å²) in [5.41, 5.74) is 0.783. The first-order chi connectivity index (χ1) is 7.22. The molecule has 0 atom stereocenters. The molecule has 0 unspecified atom stereocenters. The Bertz CT molecular complexity index is 386. The van der Waals surface area contributed by atoms with E-state index in [2.05, 4.69) is 17.2 Å². The Morgan fingerprint density at radius 3 is 2.67 bits per heavy atom. The van der Waals surface area contributed by atoms with Gasteiger partial charge in [0.15, 0.2) is 0 Å². The molecule has 2 nitrogen and oxygen atoms in total. The predicted molar refractivity (Wildman–Crippen MR) is 61.6 cm³/mol. The van der Waals surface area contributed by atoms with E-state index < -0.39 is 0 Å². The minimum Gasteiger partial charge on any atom is -0.345 e. The molecule has 0 aliphatic carbocycles. The molecular weight excluding hydrogens is 210 g/mol. The first-order valence-corrected chi connectivity index (χ1v) is 5.15. The van der Waals surface area contributed by atoms with Gasteiger partial charge in [-0.05, 0) is 30.7 Å². The normalized spacial score (nSPS) is 8.93. The van der Waals surface area contributed by atoms with Gasteiger partial charge in [0.05, 0.1) is 0 Å². The maximum Gasteiger partial charge on any atom is 0.296 e. The fourth-order valence-corrected chi connectivity index (χ4v) is 1.07. The number of rotatable bonds is 2. The third-order valence-corrected chi connectivity index (χ3v) is 1.95. The molecule has 0 spiro atoms. The van der Waals surface area contributed by atoms with Gasteiger partial charge in [-0.1, -0.05) is 24.4 Å². The predicted octanol–water partition coefficient (Wildman–Crippen LogP) is 2.22. The summed E-state index contributed by atoms with van der Waals surface area (Å²) in [5.74, 6) is 5.03. The summed E-state index contributed by atoms with van der Waals surface area (Å²) in [6.07, 6.45) is 0.911. The van der Waals surface area contributed by atoms with Crippen molar-refractivity contribution in [3.05, 3.63) is 34.9 Å². The van der Waals surface area contributed by atoms with E-state index in [0.29, 0.717) is 11.6 Å². The van der Waals surface area contributed by atoms with Crippen LogP contribution in [0.2, 0.25) is 5.02 Å². The van der Waals surface area contributed by atoms with Gasteiger partial charge in [0.2, 0.25) is 0 Å². The van der Waals surface area contributed by atoms with Crippen molar-refractivity contribution in [2.24, 2.45) is 0 Å². The molecule has 1 aromatic carbocycles. The van der Waals surface area contributed by atoms with E-state index >= 15 is 0 Å². The summed E-state index contributed by atoms with van der Waals surface area (Å²) in [7, 11) is 0. The van der Waals surface area contributed by atoms with Gasteiger partial charge in [-0.2, -0.15) is 0 Å². The lowest BCUT2D eigenvalue weighted by Gasteiger charge is -1.94. The van der Waals surface area contributed by atoms with Crippen LogP contribution >= 0.6 is 11.6 Å². The average Bonchev–Trinajstić information content (AvgIpc) is 2.25. The van der Waals surface area contributed by atoms with Crippen molar-refractivity contribution in [3.63, 3.8) is 0 Å². The van der Waals surface area contributed by atoms with Gasteiger partial charge < -0.3 is 5.32 Å². The molecule has 1 aromatic rings. The highest BCUT2D eigenvalue weighted by Gasteiger charge is 1.92. The molecule has 0 saturated heterocycles. The van der Waals surface area contributed by atoms with Gasteiger partial charge >= 0.3 is 0 Å². The fraction of sp³-hybridized carbons (Fsp3) is 0.250. The van der Waals surface area contributed by atoms with Gasteiger partial charge in [0.1, 0.15) is 0 Å². The molecule has 0 saturated carbocycles. The van der Waals surface area contributed by atoms with E-state index in [9.17, 15) is 4.79 Å². The number of halogens is 1. The molecule has 0 fully saturated rings. The number of carbonyl (C=O) groups is 1. The summed E-state index contributed by atoms with van der Waals surface area (Å²) in [6, 6.07) is 7.05. The second-order valence-electron chi connectivity index (χ2n) is 3.01. The molecule has 1 N–H and O–H groups in total. The Morgan fingerprint density at radius 1 is 1.40 bits per heavy atom. The van der Waals surface area contributed by atoms with Gasteiger partial charge in [-0.25, -0.2) is 0 Å². The summed E-state index contributed by atoms with van der Waals surface area (Å²) in [5, 5.41) is 3.34. The topological polar surface area (TPSA) is 29.1 Å². The van der Waals surface area contributed by atoms with Gasteiger partial charge in [0, 0.05) is 23.1 Å². The Balaban J connectivity index is 2.57. The van der Waals surface area contributed by atoms with Crippen LogP contribution in [0.25, 0.3) is 0 Å². The van der Waals surface area contributed by atoms with Crippen molar-refractivity contribution < 1.29 is 4.79 Å². The molecule has 1 amide bonds. The van der Waals surface area contributed by atoms with Crippen LogP contribution in [-0.4, -0.2) is 12.5 Å². The van der Waals surface area contributed by atoms with Crippen molar-refractivity contribution >= 4 is 17.5 Å². The van der Waals surface area contributed by atoms with Gasteiger partial charge in [-0.15, -0.1) is 0 Å². The fourth-order valence-electron chi connectivity index (χ4n) is 0.945. The maximum absolute atomic E-state index is 11.1. The molecule has 0 aliphatic heterocycles. The van der Waals surface area contributed by atoms with Crippen LogP contribution in [-0.2, 0) is 4.79 Å². The van der Waals surface area contributed by atoms with E-state index in [1.807, 2.05) is 6.92 Å². The van der Waals surface area contributed by atoms with Crippen LogP contribution in [0.15, 0.2) is 24.3 Å². The number of benzene rings is 1. The number of hydrogen-bond acceptors (Lipinski definition) is 1. The monoisotopic (exact) mass is 221 g/mol. The van der Waals surface area contributed by atoms with Crippen molar-refractivity contribution in [1.82, 2.24) is 5.32 Å². The molecule has 0 heterocycles. The molecule has 0 aliphatic rings. The SMILES string of the molecule is CCCNC(=O)C#Cc1ccc(Cl)cc1. The highest BCUT2D eigenvalue weighted by atomic mass is 35.5. The van der Waals surface area contributed by atoms with E-state index in [4.69, 9.17) is 11.6 Å². The van der Waals surface area contributed by atoms with Gasteiger partial charge in [0.25, 0.3) is 5.91 Å². The van der Waals surface area contributed by atoms with E-state index in [-0.39, 0.29) is 5.91 Å². The van der Waals surface area contributed by atoms with E-state index in [1.165, 1.54) is 0 Å². The summed E-state index contributed by atoms with van der Waals surface area (Å²) >= 11 is 5.72. The third kappa shape index (κ3) is 4.53. The van der Waals surface area contributed by atoms with Crippen molar-refractivity contribution in [2.75, 3.05) is 6.54 Å². The van der Waals surface area contributed by atoms with Crippen LogP contribution in [0, 0.1) is 11.8 Å². The minimum atomic E-state index is -0.244. The van der Waals surface area contributed by atoms with Crippen LogP contribution in [0.5, 0.6) is 0 Å². The molecule has 0 aromatic heterocycles. The zero-order chi connectivity index (χ0) is 11.1. The Hall–Kier alpha value is -1.46. The zero-order valence-electron chi connectivity index (χ0n) is 8.51. The Kier molecular flexibility index (Phi) is 4.73. The molecule has 15 heavy (non-hydrogen) atoms. The summed E-state index contributed by atoms with van der Waals surface area (Å²) in [6.45, 7) is 2.65. The number of amides is 1. The third-order valence-electron chi connectivity index (χ3n) is 1.70. The maximum atomic E-state index is 11.1. The highest BCUT2D eigenvalue weighted by Crippen LogP contribution is 2.08. The van der Waals surface area contributed by atoms with E-state index in [1.54, 1.807) is 24.3 Å². The standard InChI is InChI=1S/C12H12ClNO/c1-2-9-14-12(15)8-5-10-3-6-11(13)7-4-10/h3-4,6-7H,2,9H2,1H3,(H,14,15). The molecule has 0 bridgehead atoms. The van der Waals surface area contributed by atoms with Gasteiger partial charge in [-0.3, -0.25) is 4.79 Å². The van der Waals surface area contributed by atoms with Crippen LogP contribution in [0.4, 0.5) is 0 Å².